The Morgan fingerprint density at radius 2 is 1.70 bits per heavy atom. The Morgan fingerprint density at radius 3 is 2.35 bits per heavy atom. The summed E-state index contributed by atoms with van der Waals surface area (Å²) in [5.41, 5.74) is 8.44. The maximum absolute atomic E-state index is 13.8. The van der Waals surface area contributed by atoms with E-state index in [0.717, 1.165) is 80.9 Å². The van der Waals surface area contributed by atoms with Crippen molar-refractivity contribution in [2.45, 2.75) is 57.4 Å². The highest BCUT2D eigenvalue weighted by molar-refractivity contribution is 5.98. The molecule has 2 aliphatic heterocycles. The molecule has 4 saturated carbocycles. The van der Waals surface area contributed by atoms with Gasteiger partial charge in [0.05, 0.1) is 30.4 Å². The van der Waals surface area contributed by atoms with E-state index in [4.69, 9.17) is 15.5 Å². The molecule has 43 heavy (non-hydrogen) atoms. The third-order valence-corrected chi connectivity index (χ3v) is 11.0. The summed E-state index contributed by atoms with van der Waals surface area (Å²) in [7, 11) is 1.45. The Labute approximate surface area is 252 Å². The van der Waals surface area contributed by atoms with Gasteiger partial charge in [-0.3, -0.25) is 14.5 Å². The van der Waals surface area contributed by atoms with Crippen LogP contribution in [0.2, 0.25) is 0 Å². The molecule has 1 aromatic carbocycles. The first-order valence-electron chi connectivity index (χ1n) is 15.9. The molecule has 228 valence electrons. The number of methoxy groups -OCH3 is 1. The summed E-state index contributed by atoms with van der Waals surface area (Å²) in [6, 6.07) is 12.3. The van der Waals surface area contributed by atoms with E-state index in [2.05, 4.69) is 33.3 Å². The summed E-state index contributed by atoms with van der Waals surface area (Å²) >= 11 is 0. The molecule has 5 atom stereocenters. The van der Waals surface area contributed by atoms with Gasteiger partial charge in [0, 0.05) is 44.1 Å². The number of nitrogens with one attached hydrogen (secondary N) is 1. The zero-order valence-electron chi connectivity index (χ0n) is 24.9. The van der Waals surface area contributed by atoms with Gasteiger partial charge >= 0.3 is 12.0 Å². The summed E-state index contributed by atoms with van der Waals surface area (Å²) in [5, 5.41) is 3.41. The van der Waals surface area contributed by atoms with Gasteiger partial charge < -0.3 is 25.6 Å². The zero-order valence-corrected chi connectivity index (χ0v) is 24.9. The van der Waals surface area contributed by atoms with E-state index in [-0.39, 0.29) is 29.4 Å². The van der Waals surface area contributed by atoms with Crippen molar-refractivity contribution in [3.63, 3.8) is 0 Å². The van der Waals surface area contributed by atoms with Gasteiger partial charge in [0.1, 0.15) is 5.82 Å². The van der Waals surface area contributed by atoms with Gasteiger partial charge in [0.15, 0.2) is 0 Å². The van der Waals surface area contributed by atoms with Crippen molar-refractivity contribution in [3.05, 3.63) is 42.6 Å². The number of hydrogen-bond acceptors (Lipinski definition) is 7. The molecule has 3 amide bonds. The van der Waals surface area contributed by atoms with Gasteiger partial charge in [-0.1, -0.05) is 12.1 Å². The van der Waals surface area contributed by atoms with Crippen molar-refractivity contribution in [1.29, 1.82) is 0 Å². The molecule has 3 unspecified atom stereocenters. The largest absolute Gasteiger partial charge is 0.469 e. The van der Waals surface area contributed by atoms with E-state index in [1.54, 1.807) is 0 Å². The normalized spacial score (nSPS) is 29.7. The van der Waals surface area contributed by atoms with Crippen LogP contribution in [-0.4, -0.2) is 62.2 Å². The number of benzene rings is 1. The highest BCUT2D eigenvalue weighted by Gasteiger charge is 2.58. The highest BCUT2D eigenvalue weighted by Crippen LogP contribution is 2.60. The standard InChI is InChI=1S/C33H42N6O4/c1-43-29(40)16-21-8-10-37(11-9-21)25-6-7-28(35-20-25)38-12-13-39(27-5-3-2-4-26(27)38)32(42)36-30-23-14-22-15-24(30)19-33(17-22,18-23)31(34)41/h2-7,20-24,30H,8-19H2,1H3,(H2,34,41)(H,36,42)/t22?,23-,24+,30?,33?. The van der Waals surface area contributed by atoms with E-state index < -0.39 is 0 Å². The molecule has 0 spiro atoms. The Bertz CT molecular complexity index is 1370. The number of primary amides is 1. The van der Waals surface area contributed by atoms with Crippen LogP contribution in [0, 0.1) is 29.1 Å². The Kier molecular flexibility index (Phi) is 7.18. The number of nitrogens with zero attached hydrogens (tertiary/aromatic N) is 4. The first kappa shape index (κ1) is 28.0. The number of rotatable bonds is 6. The lowest BCUT2D eigenvalue weighted by Crippen LogP contribution is -2.63. The van der Waals surface area contributed by atoms with Gasteiger partial charge in [0.2, 0.25) is 5.91 Å². The fourth-order valence-electron chi connectivity index (χ4n) is 9.03. The molecule has 8 rings (SSSR count). The quantitative estimate of drug-likeness (QED) is 0.487. The minimum atomic E-state index is -0.362. The molecule has 3 N–H and O–H groups in total. The molecule has 1 saturated heterocycles. The molecule has 0 radical (unpaired) electrons. The second-order valence-electron chi connectivity index (χ2n) is 13.5. The number of anilines is 4. The summed E-state index contributed by atoms with van der Waals surface area (Å²) in [4.78, 5) is 49.0. The molecular weight excluding hydrogens is 544 g/mol. The zero-order chi connectivity index (χ0) is 29.7. The van der Waals surface area contributed by atoms with Crippen LogP contribution >= 0.6 is 0 Å². The topological polar surface area (TPSA) is 121 Å². The van der Waals surface area contributed by atoms with Crippen molar-refractivity contribution in [2.75, 3.05) is 48.0 Å². The number of amides is 3. The fourth-order valence-corrected chi connectivity index (χ4v) is 9.03. The minimum Gasteiger partial charge on any atom is -0.469 e. The van der Waals surface area contributed by atoms with Gasteiger partial charge in [-0.2, -0.15) is 0 Å². The lowest BCUT2D eigenvalue weighted by molar-refractivity contribution is -0.145. The van der Waals surface area contributed by atoms with Crippen LogP contribution in [-0.2, 0) is 14.3 Å². The number of pyridine rings is 1. The van der Waals surface area contributed by atoms with Crippen molar-refractivity contribution < 1.29 is 19.1 Å². The summed E-state index contributed by atoms with van der Waals surface area (Å²) < 4.78 is 4.84. The summed E-state index contributed by atoms with van der Waals surface area (Å²) in [6.07, 6.45) is 9.03. The molecule has 10 nitrogen and oxygen atoms in total. The van der Waals surface area contributed by atoms with Crippen molar-refractivity contribution in [2.24, 2.45) is 34.8 Å². The number of nitrogens with two attached hydrogens (primary N) is 1. The van der Waals surface area contributed by atoms with Gasteiger partial charge in [0.25, 0.3) is 0 Å². The Morgan fingerprint density at radius 1 is 0.977 bits per heavy atom. The smallest absolute Gasteiger partial charge is 0.322 e. The molecule has 10 heteroatoms. The van der Waals surface area contributed by atoms with Crippen LogP contribution in [0.15, 0.2) is 42.6 Å². The van der Waals surface area contributed by atoms with Crippen LogP contribution in [0.3, 0.4) is 0 Å². The number of fused-ring (bicyclic) bond motifs is 1. The van der Waals surface area contributed by atoms with Crippen molar-refractivity contribution in [1.82, 2.24) is 10.3 Å². The molecule has 1 aromatic heterocycles. The van der Waals surface area contributed by atoms with Crippen molar-refractivity contribution in [3.8, 4) is 0 Å². The molecule has 4 aliphatic carbocycles. The number of para-hydroxylation sites is 2. The Hall–Kier alpha value is -3.82. The molecule has 4 bridgehead atoms. The van der Waals surface area contributed by atoms with Crippen LogP contribution < -0.4 is 25.8 Å². The van der Waals surface area contributed by atoms with Crippen LogP contribution in [0.5, 0.6) is 0 Å². The number of aromatic nitrogens is 1. The number of piperidine rings is 1. The third kappa shape index (κ3) is 5.08. The number of carbonyl (C=O) groups excluding carboxylic acids is 3. The predicted molar refractivity (Wildman–Crippen MR) is 164 cm³/mol. The van der Waals surface area contributed by atoms with E-state index in [1.807, 2.05) is 29.3 Å². The second-order valence-corrected chi connectivity index (χ2v) is 13.5. The monoisotopic (exact) mass is 586 g/mol. The predicted octanol–water partition coefficient (Wildman–Crippen LogP) is 4.21. The SMILES string of the molecule is COC(=O)CC1CCN(c2ccc(N3CCN(C(=O)NC4[C@@H]5CC6C[C@H]4CC(C(N)=O)(C6)C5)c4ccccc43)nc2)CC1. The maximum atomic E-state index is 13.8. The van der Waals surface area contributed by atoms with Crippen molar-refractivity contribution >= 4 is 40.8 Å². The lowest BCUT2D eigenvalue weighted by Gasteiger charge is -2.59. The lowest BCUT2D eigenvalue weighted by atomic mass is 9.47. The number of urea groups is 1. The molecular formula is C33H42N6O4. The number of hydrogen-bond donors (Lipinski definition) is 2. The van der Waals surface area contributed by atoms with E-state index in [0.29, 0.717) is 43.2 Å². The third-order valence-electron chi connectivity index (χ3n) is 11.0. The number of ether oxygens (including phenoxy) is 1. The minimum absolute atomic E-state index is 0.0587. The van der Waals surface area contributed by atoms with Gasteiger partial charge in [-0.05, 0) is 92.9 Å². The second kappa shape index (κ2) is 11.0. The summed E-state index contributed by atoms with van der Waals surface area (Å²) in [5.74, 6) is 2.14. The molecule has 6 aliphatic rings. The summed E-state index contributed by atoms with van der Waals surface area (Å²) in [6.45, 7) is 2.98. The molecule has 2 aromatic rings. The van der Waals surface area contributed by atoms with Crippen LogP contribution in [0.4, 0.5) is 27.7 Å². The van der Waals surface area contributed by atoms with Crippen LogP contribution in [0.25, 0.3) is 0 Å². The van der Waals surface area contributed by atoms with E-state index >= 15 is 0 Å². The van der Waals surface area contributed by atoms with Crippen LogP contribution in [0.1, 0.15) is 51.4 Å². The number of carbonyl (C=O) groups is 3. The van der Waals surface area contributed by atoms with Gasteiger partial charge in [-0.15, -0.1) is 0 Å². The average molecular weight is 587 g/mol. The molecule has 5 fully saturated rings. The highest BCUT2D eigenvalue weighted by atomic mass is 16.5. The first-order valence-corrected chi connectivity index (χ1v) is 15.9. The molecule has 3 heterocycles. The Balaban J connectivity index is 1.02. The number of esters is 1. The van der Waals surface area contributed by atoms with Gasteiger partial charge in [-0.25, -0.2) is 9.78 Å². The average Bonchev–Trinajstić information content (AvgIpc) is 3.02. The fraction of sp³-hybridized carbons (Fsp3) is 0.576. The van der Waals surface area contributed by atoms with E-state index in [9.17, 15) is 14.4 Å². The van der Waals surface area contributed by atoms with E-state index in [1.165, 1.54) is 7.11 Å². The maximum Gasteiger partial charge on any atom is 0.322 e. The first-order chi connectivity index (χ1) is 20.8.